The molecule has 2 N–H and O–H groups in total. The maximum atomic E-state index is 12.5. The molecule has 3 rings (SSSR count). The van der Waals surface area contributed by atoms with Crippen LogP contribution in [-0.4, -0.2) is 16.8 Å². The van der Waals surface area contributed by atoms with E-state index in [1.54, 1.807) is 42.6 Å². The van der Waals surface area contributed by atoms with Gasteiger partial charge in [-0.05, 0) is 48.2 Å². The number of aryl methyl sites for hydroxylation is 1. The maximum Gasteiger partial charge on any atom is 0.265 e. The summed E-state index contributed by atoms with van der Waals surface area (Å²) in [6.45, 7) is 1.92. The van der Waals surface area contributed by atoms with Crippen molar-refractivity contribution in [3.05, 3.63) is 76.1 Å². The lowest BCUT2D eigenvalue weighted by molar-refractivity contribution is 0.102. The van der Waals surface area contributed by atoms with E-state index in [9.17, 15) is 9.59 Å². The van der Waals surface area contributed by atoms with Gasteiger partial charge in [0.05, 0.1) is 16.1 Å². The van der Waals surface area contributed by atoms with Gasteiger partial charge in [0.2, 0.25) is 0 Å². The van der Waals surface area contributed by atoms with Gasteiger partial charge in [0.15, 0.2) is 0 Å². The minimum Gasteiger partial charge on any atom is -0.321 e. The number of benzene rings is 1. The van der Waals surface area contributed by atoms with Crippen LogP contribution in [0.15, 0.2) is 60.1 Å². The summed E-state index contributed by atoms with van der Waals surface area (Å²) in [7, 11) is 0. The molecule has 120 valence electrons. The van der Waals surface area contributed by atoms with Gasteiger partial charge in [-0.1, -0.05) is 18.2 Å². The predicted molar refractivity (Wildman–Crippen MR) is 95.6 cm³/mol. The van der Waals surface area contributed by atoms with Crippen molar-refractivity contribution in [2.45, 2.75) is 6.92 Å². The topological polar surface area (TPSA) is 71.1 Å². The fourth-order valence-electron chi connectivity index (χ4n) is 2.17. The lowest BCUT2D eigenvalue weighted by Gasteiger charge is -2.11. The number of thiophene rings is 1. The van der Waals surface area contributed by atoms with E-state index in [1.807, 2.05) is 24.4 Å². The van der Waals surface area contributed by atoms with Crippen molar-refractivity contribution >= 4 is 34.7 Å². The van der Waals surface area contributed by atoms with Gasteiger partial charge in [0.1, 0.15) is 5.82 Å². The smallest absolute Gasteiger partial charge is 0.265 e. The zero-order valence-corrected chi connectivity index (χ0v) is 13.8. The first-order valence-electron chi connectivity index (χ1n) is 7.31. The number of aromatic nitrogens is 1. The number of nitrogens with zero attached hydrogens (tertiary/aromatic N) is 1. The van der Waals surface area contributed by atoms with Crippen molar-refractivity contribution in [3.8, 4) is 0 Å². The first-order chi connectivity index (χ1) is 11.6. The van der Waals surface area contributed by atoms with Crippen LogP contribution in [0.5, 0.6) is 0 Å². The molecule has 0 bridgehead atoms. The Morgan fingerprint density at radius 2 is 1.83 bits per heavy atom. The number of rotatable bonds is 4. The van der Waals surface area contributed by atoms with Gasteiger partial charge < -0.3 is 10.6 Å². The van der Waals surface area contributed by atoms with Crippen LogP contribution in [0.4, 0.5) is 11.5 Å². The second-order valence-electron chi connectivity index (χ2n) is 5.15. The molecule has 1 aromatic carbocycles. The number of hydrogen-bond acceptors (Lipinski definition) is 4. The minimum absolute atomic E-state index is 0.237. The summed E-state index contributed by atoms with van der Waals surface area (Å²) in [5.74, 6) is -0.0894. The van der Waals surface area contributed by atoms with Gasteiger partial charge in [-0.15, -0.1) is 11.3 Å². The summed E-state index contributed by atoms with van der Waals surface area (Å²) in [5.41, 5.74) is 1.84. The van der Waals surface area contributed by atoms with Crippen molar-refractivity contribution in [1.29, 1.82) is 0 Å². The molecular formula is C18H15N3O2S. The van der Waals surface area contributed by atoms with Crippen LogP contribution in [0.25, 0.3) is 0 Å². The van der Waals surface area contributed by atoms with Crippen molar-refractivity contribution < 1.29 is 9.59 Å². The van der Waals surface area contributed by atoms with Crippen LogP contribution in [0, 0.1) is 6.92 Å². The number of para-hydroxylation sites is 1. The molecule has 0 aliphatic carbocycles. The molecule has 2 aromatic heterocycles. The third kappa shape index (κ3) is 3.67. The molecule has 2 amide bonds. The average Bonchev–Trinajstić information content (AvgIpc) is 3.10. The molecule has 2 heterocycles. The number of amides is 2. The van der Waals surface area contributed by atoms with E-state index < -0.39 is 0 Å². The highest BCUT2D eigenvalue weighted by Gasteiger charge is 2.15. The summed E-state index contributed by atoms with van der Waals surface area (Å²) in [6, 6.07) is 14.1. The van der Waals surface area contributed by atoms with Crippen LogP contribution in [-0.2, 0) is 0 Å². The Morgan fingerprint density at radius 3 is 2.58 bits per heavy atom. The number of carbonyl (C=O) groups is 2. The molecule has 0 radical (unpaired) electrons. The fraction of sp³-hybridized carbons (Fsp3) is 0.0556. The third-order valence-corrected chi connectivity index (χ3v) is 4.19. The zero-order chi connectivity index (χ0) is 16.9. The minimum atomic E-state index is -0.324. The highest BCUT2D eigenvalue weighted by atomic mass is 32.1. The van der Waals surface area contributed by atoms with Crippen molar-refractivity contribution in [2.75, 3.05) is 10.6 Å². The Kier molecular flexibility index (Phi) is 4.67. The molecule has 0 fully saturated rings. The van der Waals surface area contributed by atoms with E-state index in [0.717, 1.165) is 5.56 Å². The molecule has 0 spiro atoms. The van der Waals surface area contributed by atoms with E-state index in [0.29, 0.717) is 21.9 Å². The first kappa shape index (κ1) is 15.9. The Bertz CT molecular complexity index is 875. The maximum absolute atomic E-state index is 12.5. The van der Waals surface area contributed by atoms with Gasteiger partial charge in [0, 0.05) is 6.20 Å². The SMILES string of the molecule is Cc1ccnc(NC(=O)c2ccccc2NC(=O)c2cccs2)c1. The quantitative estimate of drug-likeness (QED) is 0.757. The molecule has 3 aromatic rings. The monoisotopic (exact) mass is 337 g/mol. The Hall–Kier alpha value is -2.99. The molecule has 0 saturated carbocycles. The number of carbonyl (C=O) groups excluding carboxylic acids is 2. The summed E-state index contributed by atoms with van der Waals surface area (Å²) in [5, 5.41) is 7.36. The van der Waals surface area contributed by atoms with E-state index in [1.165, 1.54) is 11.3 Å². The van der Waals surface area contributed by atoms with Gasteiger partial charge in [-0.2, -0.15) is 0 Å². The Balaban J connectivity index is 1.80. The number of hydrogen-bond donors (Lipinski definition) is 2. The van der Waals surface area contributed by atoms with Crippen molar-refractivity contribution in [2.24, 2.45) is 0 Å². The van der Waals surface area contributed by atoms with E-state index in [4.69, 9.17) is 0 Å². The van der Waals surface area contributed by atoms with Gasteiger partial charge in [-0.3, -0.25) is 9.59 Å². The largest absolute Gasteiger partial charge is 0.321 e. The van der Waals surface area contributed by atoms with Gasteiger partial charge in [0.25, 0.3) is 11.8 Å². The lowest BCUT2D eigenvalue weighted by Crippen LogP contribution is -2.18. The van der Waals surface area contributed by atoms with Crippen LogP contribution in [0.3, 0.4) is 0 Å². The second-order valence-corrected chi connectivity index (χ2v) is 6.10. The average molecular weight is 337 g/mol. The van der Waals surface area contributed by atoms with E-state index in [2.05, 4.69) is 15.6 Å². The highest BCUT2D eigenvalue weighted by Crippen LogP contribution is 2.19. The van der Waals surface area contributed by atoms with Crippen LogP contribution >= 0.6 is 11.3 Å². The molecular weight excluding hydrogens is 322 g/mol. The summed E-state index contributed by atoms with van der Waals surface area (Å²) < 4.78 is 0. The lowest BCUT2D eigenvalue weighted by atomic mass is 10.1. The molecule has 0 aliphatic rings. The normalized spacial score (nSPS) is 10.2. The Labute approximate surface area is 143 Å². The number of anilines is 2. The molecule has 6 heteroatoms. The Morgan fingerprint density at radius 1 is 1.00 bits per heavy atom. The summed E-state index contributed by atoms with van der Waals surface area (Å²) >= 11 is 1.35. The van der Waals surface area contributed by atoms with E-state index >= 15 is 0 Å². The van der Waals surface area contributed by atoms with Crippen LogP contribution in [0.2, 0.25) is 0 Å². The molecule has 0 unspecified atom stereocenters. The molecule has 0 aliphatic heterocycles. The van der Waals surface area contributed by atoms with Gasteiger partial charge in [-0.25, -0.2) is 4.98 Å². The molecule has 24 heavy (non-hydrogen) atoms. The first-order valence-corrected chi connectivity index (χ1v) is 8.19. The summed E-state index contributed by atoms with van der Waals surface area (Å²) in [6.07, 6.45) is 1.63. The third-order valence-electron chi connectivity index (χ3n) is 3.32. The predicted octanol–water partition coefficient (Wildman–Crippen LogP) is 3.96. The number of pyridine rings is 1. The standard InChI is InChI=1S/C18H15N3O2S/c1-12-8-9-19-16(11-12)21-17(22)13-5-2-3-6-14(13)20-18(23)15-7-4-10-24-15/h2-11H,1H3,(H,20,23)(H,19,21,22). The number of nitrogens with one attached hydrogen (secondary N) is 2. The van der Waals surface area contributed by atoms with E-state index in [-0.39, 0.29) is 11.8 Å². The second kappa shape index (κ2) is 7.06. The fourth-order valence-corrected chi connectivity index (χ4v) is 2.79. The zero-order valence-electron chi connectivity index (χ0n) is 12.9. The molecule has 5 nitrogen and oxygen atoms in total. The van der Waals surface area contributed by atoms with Crippen molar-refractivity contribution in [3.63, 3.8) is 0 Å². The van der Waals surface area contributed by atoms with Crippen LogP contribution < -0.4 is 10.6 Å². The van der Waals surface area contributed by atoms with Crippen LogP contribution in [0.1, 0.15) is 25.6 Å². The van der Waals surface area contributed by atoms with Crippen molar-refractivity contribution in [1.82, 2.24) is 4.98 Å². The molecule has 0 saturated heterocycles. The summed E-state index contributed by atoms with van der Waals surface area (Å²) in [4.78, 5) is 29.4. The highest BCUT2D eigenvalue weighted by molar-refractivity contribution is 7.12. The van der Waals surface area contributed by atoms with Gasteiger partial charge >= 0.3 is 0 Å². The molecule has 0 atom stereocenters.